The minimum Gasteiger partial charge on any atom is -0.476 e. The van der Waals surface area contributed by atoms with E-state index in [0.717, 1.165) is 5.56 Å². The van der Waals surface area contributed by atoms with E-state index in [1.807, 2.05) is 18.2 Å². The monoisotopic (exact) mass is 194 g/mol. The van der Waals surface area contributed by atoms with Crippen LogP contribution in [-0.2, 0) is 11.3 Å². The zero-order chi connectivity index (χ0) is 9.26. The van der Waals surface area contributed by atoms with E-state index in [-0.39, 0.29) is 11.2 Å². The van der Waals surface area contributed by atoms with Gasteiger partial charge < -0.3 is 16.0 Å². The molecular formula is C9H10N2O3. The molecule has 0 radical (unpaired) electrons. The molecule has 0 aromatic heterocycles. The number of carbonyl (C=O) groups is 1. The van der Waals surface area contributed by atoms with Gasteiger partial charge in [0.1, 0.15) is 0 Å². The molecule has 2 rings (SSSR count). The summed E-state index contributed by atoms with van der Waals surface area (Å²) in [6, 6.07) is 7.34. The van der Waals surface area contributed by atoms with Crippen LogP contribution in [0, 0.1) is 0 Å². The highest BCUT2D eigenvalue weighted by molar-refractivity contribution is 6.43. The Bertz CT molecular complexity index is 387. The van der Waals surface area contributed by atoms with Crippen molar-refractivity contribution < 1.29 is 15.4 Å². The number of rotatable bonds is 1. The zero-order valence-corrected chi connectivity index (χ0v) is 7.32. The second kappa shape index (κ2) is 3.89. The van der Waals surface area contributed by atoms with Crippen molar-refractivity contribution in [3.05, 3.63) is 35.4 Å². The Balaban J connectivity index is 0.000000980. The van der Waals surface area contributed by atoms with Crippen molar-refractivity contribution in [3.8, 4) is 0 Å². The summed E-state index contributed by atoms with van der Waals surface area (Å²) in [5, 5.41) is 12.6. The lowest BCUT2D eigenvalue weighted by Gasteiger charge is -2.14. The van der Waals surface area contributed by atoms with Crippen LogP contribution in [0.25, 0.3) is 0 Å². The summed E-state index contributed by atoms with van der Waals surface area (Å²) in [4.78, 5) is 10.7. The van der Waals surface area contributed by atoms with Gasteiger partial charge in [-0.15, -0.1) is 0 Å². The smallest absolute Gasteiger partial charge is 0.356 e. The topological polar surface area (TPSA) is 93.2 Å². The second-order valence-corrected chi connectivity index (χ2v) is 2.76. The van der Waals surface area contributed by atoms with Gasteiger partial charge in [0.05, 0.1) is 6.54 Å². The predicted molar refractivity (Wildman–Crippen MR) is 51.1 cm³/mol. The molecule has 14 heavy (non-hydrogen) atoms. The molecule has 5 heteroatoms. The Hall–Kier alpha value is -1.88. The molecule has 1 aliphatic heterocycles. The molecular weight excluding hydrogens is 184 g/mol. The molecule has 1 heterocycles. The summed E-state index contributed by atoms with van der Waals surface area (Å²) in [7, 11) is 0. The normalized spacial score (nSPS) is 13.0. The zero-order valence-electron chi connectivity index (χ0n) is 7.32. The summed E-state index contributed by atoms with van der Waals surface area (Å²) < 4.78 is 0. The SMILES string of the molecule is O.O=C(O)C1=NNCc2ccccc21. The first-order valence-corrected chi connectivity index (χ1v) is 3.91. The number of nitrogens with zero attached hydrogens (tertiary/aromatic N) is 1. The van der Waals surface area contributed by atoms with Crippen LogP contribution in [0.3, 0.4) is 0 Å². The molecule has 0 aliphatic carbocycles. The standard InChI is InChI=1S/C9H8N2O2.H2O/c12-9(13)8-7-4-2-1-3-6(7)5-10-11-8;/h1-4,10H,5H2,(H,12,13);1H2. The number of nitrogens with one attached hydrogen (secondary N) is 1. The molecule has 4 N–H and O–H groups in total. The van der Waals surface area contributed by atoms with Crippen molar-refractivity contribution >= 4 is 11.7 Å². The average Bonchev–Trinajstić information content (AvgIpc) is 2.17. The van der Waals surface area contributed by atoms with E-state index in [9.17, 15) is 4.79 Å². The highest BCUT2D eigenvalue weighted by Crippen LogP contribution is 2.13. The molecule has 5 nitrogen and oxygen atoms in total. The maximum atomic E-state index is 10.7. The Morgan fingerprint density at radius 1 is 1.43 bits per heavy atom. The number of carboxylic acids is 1. The van der Waals surface area contributed by atoms with Crippen LogP contribution in [0.4, 0.5) is 0 Å². The summed E-state index contributed by atoms with van der Waals surface area (Å²) in [6.07, 6.45) is 0. The Morgan fingerprint density at radius 2 is 2.14 bits per heavy atom. The summed E-state index contributed by atoms with van der Waals surface area (Å²) in [5.74, 6) is -1.00. The third-order valence-electron chi connectivity index (χ3n) is 1.94. The summed E-state index contributed by atoms with van der Waals surface area (Å²) in [5.41, 5.74) is 4.43. The van der Waals surface area contributed by atoms with Gasteiger partial charge in [0.15, 0.2) is 5.71 Å². The number of benzene rings is 1. The lowest BCUT2D eigenvalue weighted by Crippen LogP contribution is -2.26. The van der Waals surface area contributed by atoms with Crippen molar-refractivity contribution in [2.75, 3.05) is 0 Å². The number of aliphatic carboxylic acids is 1. The molecule has 0 atom stereocenters. The first kappa shape index (κ1) is 10.2. The van der Waals surface area contributed by atoms with Gasteiger partial charge in [-0.3, -0.25) is 0 Å². The molecule has 74 valence electrons. The van der Waals surface area contributed by atoms with E-state index in [1.54, 1.807) is 6.07 Å². The van der Waals surface area contributed by atoms with E-state index in [4.69, 9.17) is 5.11 Å². The minimum absolute atomic E-state index is 0. The van der Waals surface area contributed by atoms with Crippen LogP contribution in [0.5, 0.6) is 0 Å². The fourth-order valence-corrected chi connectivity index (χ4v) is 1.33. The average molecular weight is 194 g/mol. The summed E-state index contributed by atoms with van der Waals surface area (Å²) in [6.45, 7) is 0.590. The van der Waals surface area contributed by atoms with Crippen LogP contribution >= 0.6 is 0 Å². The number of fused-ring (bicyclic) bond motifs is 1. The van der Waals surface area contributed by atoms with E-state index < -0.39 is 5.97 Å². The second-order valence-electron chi connectivity index (χ2n) is 2.76. The molecule has 0 amide bonds. The molecule has 0 saturated heterocycles. The first-order chi connectivity index (χ1) is 6.29. The molecule has 1 aromatic rings. The van der Waals surface area contributed by atoms with Crippen molar-refractivity contribution in [1.82, 2.24) is 5.43 Å². The van der Waals surface area contributed by atoms with Crippen LogP contribution in [0.1, 0.15) is 11.1 Å². The summed E-state index contributed by atoms with van der Waals surface area (Å²) >= 11 is 0. The highest BCUT2D eigenvalue weighted by Gasteiger charge is 2.18. The lowest BCUT2D eigenvalue weighted by molar-refractivity contribution is -0.129. The number of hydrazone groups is 1. The molecule has 0 spiro atoms. The molecule has 1 aliphatic rings. The van der Waals surface area contributed by atoms with E-state index >= 15 is 0 Å². The third kappa shape index (κ3) is 1.57. The fourth-order valence-electron chi connectivity index (χ4n) is 1.33. The van der Waals surface area contributed by atoms with Crippen molar-refractivity contribution in [2.24, 2.45) is 5.10 Å². The number of carboxylic acid groups (broad SMARTS) is 1. The first-order valence-electron chi connectivity index (χ1n) is 3.91. The number of hydrogen-bond donors (Lipinski definition) is 2. The van der Waals surface area contributed by atoms with Crippen molar-refractivity contribution in [3.63, 3.8) is 0 Å². The molecule has 0 saturated carbocycles. The fraction of sp³-hybridized carbons (Fsp3) is 0.111. The highest BCUT2D eigenvalue weighted by atomic mass is 16.4. The van der Waals surface area contributed by atoms with Gasteiger partial charge in [-0.05, 0) is 5.56 Å². The Labute approximate surface area is 80.4 Å². The van der Waals surface area contributed by atoms with E-state index in [1.165, 1.54) is 0 Å². The maximum Gasteiger partial charge on any atom is 0.356 e. The maximum absolute atomic E-state index is 10.7. The quantitative estimate of drug-likeness (QED) is 0.645. The number of hydrogen-bond acceptors (Lipinski definition) is 3. The van der Waals surface area contributed by atoms with Crippen LogP contribution in [0.15, 0.2) is 29.4 Å². The minimum atomic E-state index is -1.00. The molecule has 0 fully saturated rings. The largest absolute Gasteiger partial charge is 0.476 e. The van der Waals surface area contributed by atoms with Gasteiger partial charge in [0.25, 0.3) is 0 Å². The molecule has 1 aromatic carbocycles. The van der Waals surface area contributed by atoms with Crippen LogP contribution in [-0.4, -0.2) is 22.3 Å². The van der Waals surface area contributed by atoms with Crippen LogP contribution < -0.4 is 5.43 Å². The third-order valence-corrected chi connectivity index (χ3v) is 1.94. The van der Waals surface area contributed by atoms with Gasteiger partial charge in [0, 0.05) is 5.56 Å². The molecule has 0 unspecified atom stereocenters. The predicted octanol–water partition coefficient (Wildman–Crippen LogP) is -0.246. The van der Waals surface area contributed by atoms with Gasteiger partial charge in [0.2, 0.25) is 0 Å². The van der Waals surface area contributed by atoms with Crippen molar-refractivity contribution in [1.29, 1.82) is 0 Å². The Morgan fingerprint density at radius 3 is 2.86 bits per heavy atom. The Kier molecular flexibility index (Phi) is 2.83. The van der Waals surface area contributed by atoms with Crippen LogP contribution in [0.2, 0.25) is 0 Å². The lowest BCUT2D eigenvalue weighted by atomic mass is 10.0. The van der Waals surface area contributed by atoms with Crippen molar-refractivity contribution in [2.45, 2.75) is 6.54 Å². The molecule has 0 bridgehead atoms. The van der Waals surface area contributed by atoms with Gasteiger partial charge in [-0.1, -0.05) is 24.3 Å². The van der Waals surface area contributed by atoms with Gasteiger partial charge in [-0.2, -0.15) is 5.10 Å². The van der Waals surface area contributed by atoms with E-state index in [2.05, 4.69) is 10.5 Å². The van der Waals surface area contributed by atoms with E-state index in [0.29, 0.717) is 12.1 Å². The van der Waals surface area contributed by atoms with Gasteiger partial charge in [-0.25, -0.2) is 4.79 Å². The van der Waals surface area contributed by atoms with Gasteiger partial charge >= 0.3 is 5.97 Å².